The normalized spacial score (nSPS) is 10.5. The molecule has 2 aromatic rings. The topological polar surface area (TPSA) is 38.3 Å². The van der Waals surface area contributed by atoms with Gasteiger partial charge in [-0.3, -0.25) is 4.79 Å². The fourth-order valence-corrected chi connectivity index (χ4v) is 3.08. The number of nitrogens with one attached hydrogen (secondary N) is 1. The number of thioether (sulfide) groups is 1. The van der Waals surface area contributed by atoms with Crippen LogP contribution in [0.5, 0.6) is 5.75 Å². The Balaban J connectivity index is 1.55. The van der Waals surface area contributed by atoms with Crippen LogP contribution in [0.2, 0.25) is 0 Å². The van der Waals surface area contributed by atoms with E-state index in [9.17, 15) is 9.18 Å². The molecule has 0 saturated heterocycles. The third kappa shape index (κ3) is 7.61. The maximum absolute atomic E-state index is 12.8. The molecular weight excluding hydrogens is 337 g/mol. The highest BCUT2D eigenvalue weighted by Gasteiger charge is 2.02. The van der Waals surface area contributed by atoms with E-state index in [0.29, 0.717) is 25.3 Å². The maximum Gasteiger partial charge on any atom is 0.230 e. The van der Waals surface area contributed by atoms with Crippen LogP contribution in [-0.4, -0.2) is 30.6 Å². The van der Waals surface area contributed by atoms with Crippen LogP contribution in [0, 0.1) is 19.7 Å². The van der Waals surface area contributed by atoms with Crippen molar-refractivity contribution in [3.05, 3.63) is 65.0 Å². The second kappa shape index (κ2) is 10.1. The third-order valence-corrected chi connectivity index (χ3v) is 4.50. The van der Waals surface area contributed by atoms with E-state index in [1.54, 1.807) is 23.9 Å². The number of aryl methyl sites for hydroxylation is 2. The lowest BCUT2D eigenvalue weighted by Crippen LogP contribution is -2.27. The van der Waals surface area contributed by atoms with Crippen molar-refractivity contribution in [2.24, 2.45) is 0 Å². The predicted octanol–water partition coefficient (Wildman–Crippen LogP) is 3.91. The molecule has 0 aliphatic carbocycles. The summed E-state index contributed by atoms with van der Waals surface area (Å²) in [5.74, 6) is 1.82. The van der Waals surface area contributed by atoms with Crippen LogP contribution in [0.15, 0.2) is 42.5 Å². The molecule has 0 bridgehead atoms. The molecule has 0 saturated carbocycles. The Bertz CT molecular complexity index is 668. The van der Waals surface area contributed by atoms with Crippen molar-refractivity contribution in [3.63, 3.8) is 0 Å². The number of carbonyl (C=O) groups is 1. The zero-order valence-corrected chi connectivity index (χ0v) is 15.5. The zero-order valence-electron chi connectivity index (χ0n) is 14.7. The number of benzene rings is 2. The van der Waals surface area contributed by atoms with Crippen molar-refractivity contribution in [3.8, 4) is 5.75 Å². The monoisotopic (exact) mass is 361 g/mol. The quantitative estimate of drug-likeness (QED) is 0.688. The summed E-state index contributed by atoms with van der Waals surface area (Å²) in [6.45, 7) is 5.23. The molecule has 0 radical (unpaired) electrons. The molecule has 1 amide bonds. The van der Waals surface area contributed by atoms with Gasteiger partial charge in [0.2, 0.25) is 5.91 Å². The van der Waals surface area contributed by atoms with Crippen LogP contribution in [0.3, 0.4) is 0 Å². The lowest BCUT2D eigenvalue weighted by Gasteiger charge is -2.08. The van der Waals surface area contributed by atoms with Crippen LogP contribution in [0.1, 0.15) is 16.7 Å². The van der Waals surface area contributed by atoms with Crippen LogP contribution < -0.4 is 10.1 Å². The first-order valence-electron chi connectivity index (χ1n) is 8.33. The summed E-state index contributed by atoms with van der Waals surface area (Å²) < 4.78 is 18.5. The smallest absolute Gasteiger partial charge is 0.230 e. The van der Waals surface area contributed by atoms with E-state index in [4.69, 9.17) is 4.74 Å². The predicted molar refractivity (Wildman–Crippen MR) is 102 cm³/mol. The summed E-state index contributed by atoms with van der Waals surface area (Å²) >= 11 is 1.55. The van der Waals surface area contributed by atoms with E-state index in [2.05, 4.69) is 11.4 Å². The van der Waals surface area contributed by atoms with Crippen LogP contribution in [-0.2, 0) is 11.2 Å². The minimum absolute atomic E-state index is 0.0125. The summed E-state index contributed by atoms with van der Waals surface area (Å²) in [7, 11) is 0. The molecule has 0 heterocycles. The van der Waals surface area contributed by atoms with Gasteiger partial charge in [0.1, 0.15) is 11.6 Å². The van der Waals surface area contributed by atoms with Crippen molar-refractivity contribution in [2.75, 3.05) is 24.7 Å². The fraction of sp³-hybridized carbons (Fsp3) is 0.350. The average Bonchev–Trinajstić information content (AvgIpc) is 2.55. The molecule has 0 aliphatic heterocycles. The first kappa shape index (κ1) is 19.3. The summed E-state index contributed by atoms with van der Waals surface area (Å²) in [5.41, 5.74) is 3.38. The zero-order chi connectivity index (χ0) is 18.1. The molecule has 2 aromatic carbocycles. The molecule has 3 nitrogen and oxygen atoms in total. The Morgan fingerprint density at radius 3 is 2.48 bits per heavy atom. The van der Waals surface area contributed by atoms with E-state index in [-0.39, 0.29) is 11.7 Å². The number of carbonyl (C=O) groups excluding carboxylic acids is 1. The number of rotatable bonds is 9. The minimum Gasteiger partial charge on any atom is -0.493 e. The molecule has 0 spiro atoms. The molecule has 0 aromatic heterocycles. The fourth-order valence-electron chi connectivity index (χ4n) is 2.45. The molecular formula is C20H24FNO2S. The van der Waals surface area contributed by atoms with Gasteiger partial charge in [0, 0.05) is 12.3 Å². The number of hydrogen-bond acceptors (Lipinski definition) is 3. The standard InChI is InChI=1S/C20H24FNO2S/c1-15-11-16(2)13-19(12-15)24-9-10-25-14-20(23)22-8-7-17-3-5-18(21)6-4-17/h3-6,11-13H,7-10,14H2,1-2H3,(H,22,23). The molecule has 0 unspecified atom stereocenters. The highest BCUT2D eigenvalue weighted by molar-refractivity contribution is 7.99. The Morgan fingerprint density at radius 2 is 1.80 bits per heavy atom. The van der Waals surface area contributed by atoms with E-state index < -0.39 is 0 Å². The highest BCUT2D eigenvalue weighted by Crippen LogP contribution is 2.16. The SMILES string of the molecule is Cc1cc(C)cc(OCCSCC(=O)NCCc2ccc(F)cc2)c1. The van der Waals surface area contributed by atoms with Crippen molar-refractivity contribution in [2.45, 2.75) is 20.3 Å². The van der Waals surface area contributed by atoms with Crippen molar-refractivity contribution < 1.29 is 13.9 Å². The molecule has 2 rings (SSSR count). The van der Waals surface area contributed by atoms with E-state index >= 15 is 0 Å². The summed E-state index contributed by atoms with van der Waals surface area (Å²) in [4.78, 5) is 11.8. The number of amides is 1. The Hall–Kier alpha value is -2.01. The molecule has 134 valence electrons. The number of halogens is 1. The Morgan fingerprint density at radius 1 is 1.12 bits per heavy atom. The van der Waals surface area contributed by atoms with Gasteiger partial charge in [0.25, 0.3) is 0 Å². The average molecular weight is 361 g/mol. The summed E-state index contributed by atoms with van der Waals surface area (Å²) in [5, 5.41) is 2.87. The summed E-state index contributed by atoms with van der Waals surface area (Å²) in [6.07, 6.45) is 0.701. The van der Waals surface area contributed by atoms with Crippen molar-refractivity contribution in [1.82, 2.24) is 5.32 Å². The number of ether oxygens (including phenoxy) is 1. The van der Waals surface area contributed by atoms with Crippen LogP contribution >= 0.6 is 11.8 Å². The first-order valence-corrected chi connectivity index (χ1v) is 9.48. The van der Waals surface area contributed by atoms with E-state index in [1.165, 1.54) is 23.3 Å². The first-order chi connectivity index (χ1) is 12.0. The highest BCUT2D eigenvalue weighted by atomic mass is 32.2. The van der Waals surface area contributed by atoms with Gasteiger partial charge in [-0.1, -0.05) is 18.2 Å². The molecule has 0 fully saturated rings. The van der Waals surface area contributed by atoms with Crippen molar-refractivity contribution in [1.29, 1.82) is 0 Å². The Labute approximate surface area is 153 Å². The van der Waals surface area contributed by atoms with Gasteiger partial charge in [-0.2, -0.15) is 0 Å². The number of hydrogen-bond donors (Lipinski definition) is 1. The molecule has 1 N–H and O–H groups in total. The van der Waals surface area contributed by atoms with Gasteiger partial charge in [0.05, 0.1) is 12.4 Å². The second-order valence-electron chi connectivity index (χ2n) is 5.95. The minimum atomic E-state index is -0.243. The van der Waals surface area contributed by atoms with Gasteiger partial charge in [-0.25, -0.2) is 4.39 Å². The van der Waals surface area contributed by atoms with Gasteiger partial charge in [-0.05, 0) is 61.2 Å². The van der Waals surface area contributed by atoms with E-state index in [0.717, 1.165) is 17.1 Å². The lowest BCUT2D eigenvalue weighted by atomic mass is 10.1. The third-order valence-electron chi connectivity index (χ3n) is 3.57. The largest absolute Gasteiger partial charge is 0.493 e. The van der Waals surface area contributed by atoms with Gasteiger partial charge < -0.3 is 10.1 Å². The van der Waals surface area contributed by atoms with Crippen molar-refractivity contribution >= 4 is 17.7 Å². The molecule has 25 heavy (non-hydrogen) atoms. The second-order valence-corrected chi connectivity index (χ2v) is 7.06. The maximum atomic E-state index is 12.8. The van der Waals surface area contributed by atoms with Gasteiger partial charge >= 0.3 is 0 Å². The van der Waals surface area contributed by atoms with Crippen LogP contribution in [0.4, 0.5) is 4.39 Å². The molecule has 0 aliphatic rings. The molecule has 5 heteroatoms. The Kier molecular flexibility index (Phi) is 7.79. The molecule has 0 atom stereocenters. The van der Waals surface area contributed by atoms with E-state index in [1.807, 2.05) is 26.0 Å². The van der Waals surface area contributed by atoms with Gasteiger partial charge in [-0.15, -0.1) is 11.8 Å². The van der Waals surface area contributed by atoms with Gasteiger partial charge in [0.15, 0.2) is 0 Å². The lowest BCUT2D eigenvalue weighted by molar-refractivity contribution is -0.118. The van der Waals surface area contributed by atoms with Crippen LogP contribution in [0.25, 0.3) is 0 Å². The summed E-state index contributed by atoms with van der Waals surface area (Å²) in [6, 6.07) is 12.5.